The molecule has 2 fully saturated rings. The molecular formula is C13H25N3O4S. The van der Waals surface area contributed by atoms with Gasteiger partial charge in [0.2, 0.25) is 0 Å². The molecule has 1 aliphatic carbocycles. The Hall–Kier alpha value is -0.700. The number of carbonyl (C=O) groups is 1. The van der Waals surface area contributed by atoms with Crippen molar-refractivity contribution in [3.8, 4) is 0 Å². The first-order chi connectivity index (χ1) is 9.78. The molecule has 0 aromatic heterocycles. The van der Waals surface area contributed by atoms with Gasteiger partial charge in [0.05, 0.1) is 0 Å². The molecule has 0 radical (unpaired) electrons. The quantitative estimate of drug-likeness (QED) is 0.732. The Morgan fingerprint density at radius 3 is 2.48 bits per heavy atom. The van der Waals surface area contributed by atoms with Crippen molar-refractivity contribution >= 4 is 16.2 Å². The van der Waals surface area contributed by atoms with Crippen LogP contribution in [-0.4, -0.2) is 67.5 Å². The smallest absolute Gasteiger partial charge is 0.322 e. The first-order valence-electron chi connectivity index (χ1n) is 7.45. The summed E-state index contributed by atoms with van der Waals surface area (Å²) in [6, 6.07) is -0.937. The maximum absolute atomic E-state index is 12.4. The van der Waals surface area contributed by atoms with E-state index in [-0.39, 0.29) is 12.1 Å². The van der Waals surface area contributed by atoms with Gasteiger partial charge in [-0.15, -0.1) is 0 Å². The van der Waals surface area contributed by atoms with Gasteiger partial charge in [0.25, 0.3) is 10.2 Å². The van der Waals surface area contributed by atoms with Gasteiger partial charge >= 0.3 is 5.97 Å². The molecule has 1 aliphatic heterocycles. The monoisotopic (exact) mass is 319 g/mol. The minimum absolute atomic E-state index is 0.123. The lowest BCUT2D eigenvalue weighted by molar-refractivity contribution is -0.142. The third-order valence-corrected chi connectivity index (χ3v) is 6.43. The largest absolute Gasteiger partial charge is 0.480 e. The van der Waals surface area contributed by atoms with Crippen LogP contribution in [0.3, 0.4) is 0 Å². The standard InChI is InChI=1S/C13H25N3O4S/c1-15(2)13(7-5-8-13)10-14-21(19,20)16-9-4-3-6-11(16)12(17)18/h11,14H,3-10H2,1-2H3,(H,17,18). The van der Waals surface area contributed by atoms with Gasteiger partial charge in [0, 0.05) is 18.6 Å². The summed E-state index contributed by atoms with van der Waals surface area (Å²) in [7, 11) is 0.161. The van der Waals surface area contributed by atoms with Crippen molar-refractivity contribution in [2.24, 2.45) is 0 Å². The second kappa shape index (κ2) is 6.20. The van der Waals surface area contributed by atoms with Crippen LogP contribution in [0.25, 0.3) is 0 Å². The van der Waals surface area contributed by atoms with Gasteiger partial charge in [-0.2, -0.15) is 12.7 Å². The van der Waals surface area contributed by atoms with Crippen LogP contribution in [0, 0.1) is 0 Å². The summed E-state index contributed by atoms with van der Waals surface area (Å²) in [5.41, 5.74) is -0.123. The normalized spacial score (nSPS) is 26.5. The van der Waals surface area contributed by atoms with E-state index >= 15 is 0 Å². The number of rotatable bonds is 6. The molecule has 1 heterocycles. The molecule has 2 N–H and O–H groups in total. The van der Waals surface area contributed by atoms with Crippen LogP contribution < -0.4 is 4.72 Å². The minimum atomic E-state index is -3.74. The average molecular weight is 319 g/mol. The van der Waals surface area contributed by atoms with E-state index in [0.29, 0.717) is 19.4 Å². The van der Waals surface area contributed by atoms with Crippen molar-refractivity contribution < 1.29 is 18.3 Å². The summed E-state index contributed by atoms with van der Waals surface area (Å²) in [6.45, 7) is 0.617. The first kappa shape index (κ1) is 16.7. The molecular weight excluding hydrogens is 294 g/mol. The predicted octanol–water partition coefficient (Wildman–Crippen LogP) is 0.244. The zero-order valence-corrected chi connectivity index (χ0v) is 13.5. The second-order valence-corrected chi connectivity index (χ2v) is 7.97. The van der Waals surface area contributed by atoms with E-state index in [1.165, 1.54) is 0 Å². The number of carboxylic acids is 1. The molecule has 1 saturated heterocycles. The van der Waals surface area contributed by atoms with Crippen molar-refractivity contribution in [2.45, 2.75) is 50.1 Å². The van der Waals surface area contributed by atoms with E-state index in [1.807, 2.05) is 14.1 Å². The van der Waals surface area contributed by atoms with Gasteiger partial charge in [0.15, 0.2) is 0 Å². The fourth-order valence-electron chi connectivity index (χ4n) is 3.11. The number of piperidine rings is 1. The third kappa shape index (κ3) is 3.39. The lowest BCUT2D eigenvalue weighted by Crippen LogP contribution is -2.60. The molecule has 0 aromatic carbocycles. The van der Waals surface area contributed by atoms with Gasteiger partial charge in [-0.25, -0.2) is 4.72 Å². The summed E-state index contributed by atoms with van der Waals surface area (Å²) in [5.74, 6) is -1.06. The van der Waals surface area contributed by atoms with Gasteiger partial charge < -0.3 is 10.0 Å². The lowest BCUT2D eigenvalue weighted by Gasteiger charge is -2.47. The molecule has 8 heteroatoms. The van der Waals surface area contributed by atoms with Crippen LogP contribution >= 0.6 is 0 Å². The first-order valence-corrected chi connectivity index (χ1v) is 8.89. The molecule has 2 aliphatic rings. The van der Waals surface area contributed by atoms with Gasteiger partial charge in [-0.1, -0.05) is 0 Å². The number of nitrogens with one attached hydrogen (secondary N) is 1. The van der Waals surface area contributed by atoms with Crippen molar-refractivity contribution in [1.82, 2.24) is 13.9 Å². The lowest BCUT2D eigenvalue weighted by atomic mass is 9.76. The summed E-state index contributed by atoms with van der Waals surface area (Å²) < 4.78 is 28.6. The number of hydrogen-bond donors (Lipinski definition) is 2. The molecule has 1 unspecified atom stereocenters. The molecule has 21 heavy (non-hydrogen) atoms. The molecule has 122 valence electrons. The van der Waals surface area contributed by atoms with E-state index in [1.54, 1.807) is 0 Å². The SMILES string of the molecule is CN(C)C1(CNS(=O)(=O)N2CCCCC2C(=O)O)CCC1. The maximum Gasteiger partial charge on any atom is 0.322 e. The van der Waals surface area contributed by atoms with E-state index < -0.39 is 22.2 Å². The van der Waals surface area contributed by atoms with Crippen LogP contribution in [0.4, 0.5) is 0 Å². The number of hydrogen-bond acceptors (Lipinski definition) is 4. The molecule has 1 atom stereocenters. The summed E-state index contributed by atoms with van der Waals surface area (Å²) in [6.07, 6.45) is 4.88. The Bertz CT molecular complexity index is 488. The highest BCUT2D eigenvalue weighted by atomic mass is 32.2. The van der Waals surface area contributed by atoms with Crippen LogP contribution in [0.5, 0.6) is 0 Å². The average Bonchev–Trinajstić information content (AvgIpc) is 2.36. The number of carboxylic acid groups (broad SMARTS) is 1. The van der Waals surface area contributed by atoms with Crippen molar-refractivity contribution in [1.29, 1.82) is 0 Å². The Morgan fingerprint density at radius 2 is 2.00 bits per heavy atom. The summed E-state index contributed by atoms with van der Waals surface area (Å²) in [4.78, 5) is 13.3. The number of likely N-dealkylation sites (N-methyl/N-ethyl adjacent to an activating group) is 1. The minimum Gasteiger partial charge on any atom is -0.480 e. The Kier molecular flexibility index (Phi) is 4.92. The van der Waals surface area contributed by atoms with Crippen LogP contribution in [0.15, 0.2) is 0 Å². The topological polar surface area (TPSA) is 90.0 Å². The van der Waals surface area contributed by atoms with E-state index in [9.17, 15) is 18.3 Å². The van der Waals surface area contributed by atoms with Crippen LogP contribution in [-0.2, 0) is 15.0 Å². The van der Waals surface area contributed by atoms with Crippen molar-refractivity contribution in [3.05, 3.63) is 0 Å². The van der Waals surface area contributed by atoms with Gasteiger partial charge in [-0.3, -0.25) is 4.79 Å². The van der Waals surface area contributed by atoms with Crippen LogP contribution in [0.1, 0.15) is 38.5 Å². The maximum atomic E-state index is 12.4. The fourth-order valence-corrected chi connectivity index (χ4v) is 4.63. The number of aliphatic carboxylic acids is 1. The van der Waals surface area contributed by atoms with Crippen molar-refractivity contribution in [2.75, 3.05) is 27.2 Å². The molecule has 1 saturated carbocycles. The van der Waals surface area contributed by atoms with Gasteiger partial charge in [-0.05, 0) is 52.6 Å². The fraction of sp³-hybridized carbons (Fsp3) is 0.923. The highest BCUT2D eigenvalue weighted by molar-refractivity contribution is 7.87. The molecule has 0 aromatic rings. The molecule has 0 bridgehead atoms. The van der Waals surface area contributed by atoms with E-state index in [2.05, 4.69) is 9.62 Å². The Balaban J connectivity index is 2.05. The van der Waals surface area contributed by atoms with Crippen molar-refractivity contribution in [3.63, 3.8) is 0 Å². The molecule has 2 rings (SSSR count). The zero-order chi connectivity index (χ0) is 15.7. The zero-order valence-electron chi connectivity index (χ0n) is 12.7. The molecule has 0 spiro atoms. The third-order valence-electron chi connectivity index (χ3n) is 4.86. The summed E-state index contributed by atoms with van der Waals surface area (Å²) >= 11 is 0. The second-order valence-electron chi connectivity index (χ2n) is 6.26. The number of nitrogens with zero attached hydrogens (tertiary/aromatic N) is 2. The molecule has 7 nitrogen and oxygen atoms in total. The van der Waals surface area contributed by atoms with Crippen LogP contribution in [0.2, 0.25) is 0 Å². The van der Waals surface area contributed by atoms with Gasteiger partial charge in [0.1, 0.15) is 6.04 Å². The molecule has 0 amide bonds. The summed E-state index contributed by atoms with van der Waals surface area (Å²) in [5, 5.41) is 9.20. The predicted molar refractivity (Wildman–Crippen MR) is 79.2 cm³/mol. The Morgan fingerprint density at radius 1 is 1.33 bits per heavy atom. The van der Waals surface area contributed by atoms with E-state index in [0.717, 1.165) is 30.0 Å². The highest BCUT2D eigenvalue weighted by Gasteiger charge is 2.42. The Labute approximate surface area is 126 Å². The van der Waals surface area contributed by atoms with E-state index in [4.69, 9.17) is 0 Å². The highest BCUT2D eigenvalue weighted by Crippen LogP contribution is 2.35.